The van der Waals surface area contributed by atoms with Gasteiger partial charge in [-0.15, -0.1) is 0 Å². The summed E-state index contributed by atoms with van der Waals surface area (Å²) in [5.74, 6) is 0.647. The van der Waals surface area contributed by atoms with E-state index in [2.05, 4.69) is 49.5 Å². The fourth-order valence-electron chi connectivity index (χ4n) is 3.19. The molecule has 1 saturated carbocycles. The Kier molecular flexibility index (Phi) is 5.62. The molecule has 0 heterocycles. The van der Waals surface area contributed by atoms with Gasteiger partial charge < -0.3 is 10.4 Å². The smallest absolute Gasteiger partial charge is 0.0771 e. The van der Waals surface area contributed by atoms with Gasteiger partial charge in [0.15, 0.2) is 0 Å². The normalized spacial score (nSPS) is 20.0. The second-order valence-electron chi connectivity index (χ2n) is 6.76. The van der Waals surface area contributed by atoms with Crippen LogP contribution in [-0.2, 0) is 0 Å². The highest BCUT2D eigenvalue weighted by Gasteiger charge is 2.29. The third-order valence-electron chi connectivity index (χ3n) is 4.37. The zero-order chi connectivity index (χ0) is 14.4. The first-order valence-corrected chi connectivity index (χ1v) is 8.10. The highest BCUT2D eigenvalue weighted by atomic mass is 16.3. The van der Waals surface area contributed by atoms with E-state index in [9.17, 15) is 5.11 Å². The van der Waals surface area contributed by atoms with E-state index in [1.165, 1.54) is 24.8 Å². The lowest BCUT2D eigenvalue weighted by Gasteiger charge is -2.34. The lowest BCUT2D eigenvalue weighted by Crippen LogP contribution is -2.43. The molecule has 1 aromatic rings. The van der Waals surface area contributed by atoms with Crippen molar-refractivity contribution in [2.24, 2.45) is 5.92 Å². The minimum Gasteiger partial charge on any atom is -0.389 e. The van der Waals surface area contributed by atoms with E-state index < -0.39 is 5.60 Å². The SMILES string of the molecule is CC(C)CC(NCC1(O)CCCCC1)c1ccccc1. The third kappa shape index (κ3) is 4.60. The quantitative estimate of drug-likeness (QED) is 0.820. The van der Waals surface area contributed by atoms with Crippen molar-refractivity contribution in [3.05, 3.63) is 35.9 Å². The van der Waals surface area contributed by atoms with Crippen LogP contribution in [0.5, 0.6) is 0 Å². The molecular formula is C18H29NO. The summed E-state index contributed by atoms with van der Waals surface area (Å²) in [6.45, 7) is 5.24. The molecule has 2 N–H and O–H groups in total. The summed E-state index contributed by atoms with van der Waals surface area (Å²) in [7, 11) is 0. The molecule has 1 unspecified atom stereocenters. The molecule has 0 spiro atoms. The van der Waals surface area contributed by atoms with E-state index in [4.69, 9.17) is 0 Å². The summed E-state index contributed by atoms with van der Waals surface area (Å²) in [5.41, 5.74) is 0.850. The largest absolute Gasteiger partial charge is 0.389 e. The highest BCUT2D eigenvalue weighted by Crippen LogP contribution is 2.29. The number of rotatable bonds is 6. The first kappa shape index (κ1) is 15.5. The molecular weight excluding hydrogens is 246 g/mol. The summed E-state index contributed by atoms with van der Waals surface area (Å²) in [6, 6.07) is 11.0. The van der Waals surface area contributed by atoms with E-state index in [0.29, 0.717) is 12.0 Å². The molecule has 112 valence electrons. The molecule has 2 heteroatoms. The number of hydrogen-bond acceptors (Lipinski definition) is 2. The summed E-state index contributed by atoms with van der Waals surface area (Å²) in [5, 5.41) is 14.3. The van der Waals surface area contributed by atoms with Gasteiger partial charge in [-0.3, -0.25) is 0 Å². The van der Waals surface area contributed by atoms with E-state index in [0.717, 1.165) is 25.8 Å². The Balaban J connectivity index is 1.97. The van der Waals surface area contributed by atoms with Crippen LogP contribution < -0.4 is 5.32 Å². The highest BCUT2D eigenvalue weighted by molar-refractivity contribution is 5.19. The molecule has 1 aliphatic carbocycles. The molecule has 0 saturated heterocycles. The first-order chi connectivity index (χ1) is 9.59. The molecule has 2 rings (SSSR count). The molecule has 0 amide bonds. The van der Waals surface area contributed by atoms with Gasteiger partial charge in [0.2, 0.25) is 0 Å². The number of benzene rings is 1. The van der Waals surface area contributed by atoms with Crippen LogP contribution in [0.25, 0.3) is 0 Å². The van der Waals surface area contributed by atoms with Crippen molar-refractivity contribution >= 4 is 0 Å². The van der Waals surface area contributed by atoms with Crippen molar-refractivity contribution in [1.29, 1.82) is 0 Å². The Morgan fingerprint density at radius 1 is 1.10 bits per heavy atom. The average Bonchev–Trinajstić information content (AvgIpc) is 2.45. The van der Waals surface area contributed by atoms with E-state index >= 15 is 0 Å². The Hall–Kier alpha value is -0.860. The molecule has 0 aromatic heterocycles. The van der Waals surface area contributed by atoms with Crippen molar-refractivity contribution in [2.75, 3.05) is 6.54 Å². The van der Waals surface area contributed by atoms with Gasteiger partial charge >= 0.3 is 0 Å². The summed E-state index contributed by atoms with van der Waals surface area (Å²) in [6.07, 6.45) is 6.61. The zero-order valence-electron chi connectivity index (χ0n) is 12.9. The van der Waals surface area contributed by atoms with Gasteiger partial charge in [-0.2, -0.15) is 0 Å². The van der Waals surface area contributed by atoms with Crippen LogP contribution in [0.1, 0.15) is 64.0 Å². The van der Waals surface area contributed by atoms with Crippen LogP contribution in [-0.4, -0.2) is 17.3 Å². The fraction of sp³-hybridized carbons (Fsp3) is 0.667. The molecule has 1 fully saturated rings. The van der Waals surface area contributed by atoms with E-state index in [1.54, 1.807) is 0 Å². The van der Waals surface area contributed by atoms with Crippen molar-refractivity contribution in [3.63, 3.8) is 0 Å². The predicted octanol–water partition coefficient (Wildman–Crippen LogP) is 4.06. The minimum absolute atomic E-state index is 0.349. The summed E-state index contributed by atoms with van der Waals surface area (Å²) < 4.78 is 0. The first-order valence-electron chi connectivity index (χ1n) is 8.10. The van der Waals surface area contributed by atoms with Gasteiger partial charge in [0.25, 0.3) is 0 Å². The maximum absolute atomic E-state index is 10.6. The molecule has 0 bridgehead atoms. The second kappa shape index (κ2) is 7.24. The topological polar surface area (TPSA) is 32.3 Å². The number of aliphatic hydroxyl groups is 1. The zero-order valence-corrected chi connectivity index (χ0v) is 12.9. The third-order valence-corrected chi connectivity index (χ3v) is 4.37. The van der Waals surface area contributed by atoms with Crippen LogP contribution >= 0.6 is 0 Å². The molecule has 2 nitrogen and oxygen atoms in total. The molecule has 0 radical (unpaired) electrons. The maximum atomic E-state index is 10.6. The van der Waals surface area contributed by atoms with Crippen molar-refractivity contribution < 1.29 is 5.11 Å². The van der Waals surface area contributed by atoms with Crippen LogP contribution in [0.2, 0.25) is 0 Å². The molecule has 1 aliphatic rings. The number of nitrogens with one attached hydrogen (secondary N) is 1. The van der Waals surface area contributed by atoms with Gasteiger partial charge in [0.1, 0.15) is 0 Å². The van der Waals surface area contributed by atoms with Crippen molar-refractivity contribution in [1.82, 2.24) is 5.32 Å². The van der Waals surface area contributed by atoms with Crippen molar-refractivity contribution in [3.8, 4) is 0 Å². The number of hydrogen-bond donors (Lipinski definition) is 2. The molecule has 0 aliphatic heterocycles. The standard InChI is InChI=1S/C18H29NO/c1-15(2)13-17(16-9-5-3-6-10-16)19-14-18(20)11-7-4-8-12-18/h3,5-6,9-10,15,17,19-20H,4,7-8,11-14H2,1-2H3. The van der Waals surface area contributed by atoms with Crippen LogP contribution in [0.15, 0.2) is 30.3 Å². The maximum Gasteiger partial charge on any atom is 0.0771 e. The fourth-order valence-corrected chi connectivity index (χ4v) is 3.19. The van der Waals surface area contributed by atoms with Gasteiger partial charge in [0.05, 0.1) is 5.60 Å². The van der Waals surface area contributed by atoms with Crippen LogP contribution in [0, 0.1) is 5.92 Å². The van der Waals surface area contributed by atoms with Gasteiger partial charge in [0, 0.05) is 12.6 Å². The lowest BCUT2D eigenvalue weighted by atomic mass is 9.84. The monoisotopic (exact) mass is 275 g/mol. The van der Waals surface area contributed by atoms with E-state index in [-0.39, 0.29) is 0 Å². The Morgan fingerprint density at radius 2 is 1.75 bits per heavy atom. The Bertz CT molecular complexity index is 382. The Labute approximate surface area is 123 Å². The predicted molar refractivity (Wildman–Crippen MR) is 84.7 cm³/mol. The molecule has 1 atom stereocenters. The van der Waals surface area contributed by atoms with Crippen molar-refractivity contribution in [2.45, 2.75) is 64.0 Å². The van der Waals surface area contributed by atoms with Crippen LogP contribution in [0.4, 0.5) is 0 Å². The minimum atomic E-state index is -0.484. The second-order valence-corrected chi connectivity index (χ2v) is 6.76. The Morgan fingerprint density at radius 3 is 2.35 bits per heavy atom. The summed E-state index contributed by atoms with van der Waals surface area (Å²) in [4.78, 5) is 0. The van der Waals surface area contributed by atoms with E-state index in [1.807, 2.05) is 0 Å². The molecule has 20 heavy (non-hydrogen) atoms. The molecule has 1 aromatic carbocycles. The summed E-state index contributed by atoms with van der Waals surface area (Å²) >= 11 is 0. The van der Waals surface area contributed by atoms with Crippen LogP contribution in [0.3, 0.4) is 0 Å². The average molecular weight is 275 g/mol. The van der Waals surface area contributed by atoms with Gasteiger partial charge in [-0.25, -0.2) is 0 Å². The van der Waals surface area contributed by atoms with Gasteiger partial charge in [-0.05, 0) is 30.7 Å². The van der Waals surface area contributed by atoms with Gasteiger partial charge in [-0.1, -0.05) is 63.4 Å². The lowest BCUT2D eigenvalue weighted by molar-refractivity contribution is 0.00205.